The predicted octanol–water partition coefficient (Wildman–Crippen LogP) is 2.39. The van der Waals surface area contributed by atoms with Gasteiger partial charge in [0.05, 0.1) is 12.8 Å². The van der Waals surface area contributed by atoms with E-state index in [4.69, 9.17) is 4.42 Å². The third-order valence-electron chi connectivity index (χ3n) is 3.71. The number of furan rings is 1. The van der Waals surface area contributed by atoms with E-state index >= 15 is 0 Å². The van der Waals surface area contributed by atoms with Crippen LogP contribution in [0.15, 0.2) is 59.6 Å². The van der Waals surface area contributed by atoms with E-state index in [1.54, 1.807) is 42.9 Å². The molecule has 0 saturated carbocycles. The molecule has 0 atom stereocenters. The van der Waals surface area contributed by atoms with Crippen molar-refractivity contribution in [3.8, 4) is 0 Å². The van der Waals surface area contributed by atoms with Crippen LogP contribution in [0.1, 0.15) is 21.8 Å². The maximum Gasteiger partial charge on any atom is 0.272 e. The van der Waals surface area contributed by atoms with Crippen LogP contribution < -0.4 is 5.32 Å². The summed E-state index contributed by atoms with van der Waals surface area (Å²) in [5.74, 6) is 1.03. The van der Waals surface area contributed by atoms with Gasteiger partial charge in [0.2, 0.25) is 5.95 Å². The van der Waals surface area contributed by atoms with Crippen molar-refractivity contribution in [2.45, 2.75) is 13.0 Å². The first kappa shape index (κ1) is 16.6. The number of hydrogen-bond acceptors (Lipinski definition) is 6. The van der Waals surface area contributed by atoms with Crippen molar-refractivity contribution < 1.29 is 9.21 Å². The highest BCUT2D eigenvalue weighted by molar-refractivity contribution is 5.92. The first-order valence-electron chi connectivity index (χ1n) is 7.96. The fourth-order valence-electron chi connectivity index (χ4n) is 2.29. The second-order valence-electron chi connectivity index (χ2n) is 5.53. The third-order valence-corrected chi connectivity index (χ3v) is 3.71. The zero-order valence-electron chi connectivity index (χ0n) is 13.9. The molecule has 0 bridgehead atoms. The Kier molecular flexibility index (Phi) is 5.36. The number of hydrogen-bond donors (Lipinski definition) is 1. The number of nitrogens with one attached hydrogen (secondary N) is 1. The highest BCUT2D eigenvalue weighted by Gasteiger charge is 2.14. The number of carbonyl (C=O) groups excluding carboxylic acids is 1. The minimum atomic E-state index is -0.141. The molecule has 25 heavy (non-hydrogen) atoms. The minimum absolute atomic E-state index is 0.141. The number of aromatic nitrogens is 3. The lowest BCUT2D eigenvalue weighted by Gasteiger charge is -2.17. The van der Waals surface area contributed by atoms with Crippen molar-refractivity contribution in [3.05, 3.63) is 72.2 Å². The van der Waals surface area contributed by atoms with Crippen LogP contribution in [0.2, 0.25) is 0 Å². The second-order valence-corrected chi connectivity index (χ2v) is 5.53. The van der Waals surface area contributed by atoms with Crippen LogP contribution in [-0.2, 0) is 13.0 Å². The Morgan fingerprint density at radius 3 is 2.80 bits per heavy atom. The molecule has 0 aliphatic rings. The van der Waals surface area contributed by atoms with E-state index in [9.17, 15) is 4.79 Å². The molecule has 3 rings (SSSR count). The molecule has 7 heteroatoms. The van der Waals surface area contributed by atoms with Crippen molar-refractivity contribution in [1.82, 2.24) is 19.9 Å². The van der Waals surface area contributed by atoms with Gasteiger partial charge in [-0.2, -0.15) is 0 Å². The maximum absolute atomic E-state index is 12.5. The summed E-state index contributed by atoms with van der Waals surface area (Å²) in [6.07, 6.45) is 7.44. The summed E-state index contributed by atoms with van der Waals surface area (Å²) < 4.78 is 5.25. The van der Waals surface area contributed by atoms with Gasteiger partial charge in [-0.25, -0.2) is 9.97 Å². The number of amides is 1. The molecular weight excluding hydrogens is 318 g/mol. The van der Waals surface area contributed by atoms with Gasteiger partial charge in [0.1, 0.15) is 11.5 Å². The highest BCUT2D eigenvalue weighted by atomic mass is 16.3. The lowest BCUT2D eigenvalue weighted by molar-refractivity contribution is 0.0791. The summed E-state index contributed by atoms with van der Waals surface area (Å²) >= 11 is 0. The zero-order chi connectivity index (χ0) is 17.5. The van der Waals surface area contributed by atoms with Gasteiger partial charge in [0.15, 0.2) is 0 Å². The molecule has 0 aromatic carbocycles. The molecule has 0 fully saturated rings. The van der Waals surface area contributed by atoms with Gasteiger partial charge in [-0.15, -0.1) is 0 Å². The monoisotopic (exact) mass is 337 g/mol. The summed E-state index contributed by atoms with van der Waals surface area (Å²) in [4.78, 5) is 26.6. The van der Waals surface area contributed by atoms with Gasteiger partial charge in [-0.05, 0) is 42.3 Å². The quantitative estimate of drug-likeness (QED) is 0.713. The van der Waals surface area contributed by atoms with E-state index in [0.717, 1.165) is 17.7 Å². The third kappa shape index (κ3) is 4.63. The van der Waals surface area contributed by atoms with E-state index < -0.39 is 0 Å². The largest absolute Gasteiger partial charge is 0.467 e. The molecule has 3 heterocycles. The van der Waals surface area contributed by atoms with Crippen LogP contribution >= 0.6 is 0 Å². The molecule has 0 radical (unpaired) electrons. The SMILES string of the molecule is CN(CCc1ccncc1)C(=O)c1ccnc(NCc2ccco2)n1. The summed E-state index contributed by atoms with van der Waals surface area (Å²) in [5.41, 5.74) is 1.49. The van der Waals surface area contributed by atoms with Gasteiger partial charge in [0.25, 0.3) is 5.91 Å². The number of carbonyl (C=O) groups is 1. The van der Waals surface area contributed by atoms with E-state index in [0.29, 0.717) is 24.7 Å². The molecule has 128 valence electrons. The smallest absolute Gasteiger partial charge is 0.272 e. The van der Waals surface area contributed by atoms with Gasteiger partial charge in [-0.3, -0.25) is 9.78 Å². The molecule has 0 unspecified atom stereocenters. The molecule has 1 amide bonds. The van der Waals surface area contributed by atoms with Crippen LogP contribution in [0.3, 0.4) is 0 Å². The molecule has 0 spiro atoms. The Hall–Kier alpha value is -3.22. The maximum atomic E-state index is 12.5. The summed E-state index contributed by atoms with van der Waals surface area (Å²) in [7, 11) is 1.77. The predicted molar refractivity (Wildman–Crippen MR) is 93.0 cm³/mol. The number of anilines is 1. The van der Waals surface area contributed by atoms with Crippen molar-refractivity contribution in [1.29, 1.82) is 0 Å². The molecule has 0 aliphatic heterocycles. The summed E-state index contributed by atoms with van der Waals surface area (Å²) in [5, 5.41) is 3.05. The van der Waals surface area contributed by atoms with Gasteiger partial charge in [-0.1, -0.05) is 0 Å². The number of rotatable bonds is 7. The van der Waals surface area contributed by atoms with Crippen LogP contribution in [0.4, 0.5) is 5.95 Å². The van der Waals surface area contributed by atoms with Crippen LogP contribution in [-0.4, -0.2) is 39.4 Å². The Bertz CT molecular complexity index is 805. The molecule has 7 nitrogen and oxygen atoms in total. The molecule has 3 aromatic rings. The lowest BCUT2D eigenvalue weighted by atomic mass is 10.2. The van der Waals surface area contributed by atoms with E-state index in [1.165, 1.54) is 0 Å². The number of likely N-dealkylation sites (N-methyl/N-ethyl adjacent to an activating group) is 1. The fraction of sp³-hybridized carbons (Fsp3) is 0.222. The molecule has 1 N–H and O–H groups in total. The second kappa shape index (κ2) is 8.05. The summed E-state index contributed by atoms with van der Waals surface area (Å²) in [6, 6.07) is 9.17. The van der Waals surface area contributed by atoms with E-state index in [-0.39, 0.29) is 5.91 Å². The highest BCUT2D eigenvalue weighted by Crippen LogP contribution is 2.08. The van der Waals surface area contributed by atoms with Crippen molar-refractivity contribution >= 4 is 11.9 Å². The van der Waals surface area contributed by atoms with Crippen LogP contribution in [0.5, 0.6) is 0 Å². The van der Waals surface area contributed by atoms with Crippen LogP contribution in [0.25, 0.3) is 0 Å². The Labute approximate surface area is 145 Å². The topological polar surface area (TPSA) is 84.2 Å². The normalized spacial score (nSPS) is 10.4. The molecule has 0 aliphatic carbocycles. The van der Waals surface area contributed by atoms with Crippen LogP contribution in [0, 0.1) is 0 Å². The average Bonchev–Trinajstić information content (AvgIpc) is 3.18. The van der Waals surface area contributed by atoms with Crippen molar-refractivity contribution in [2.75, 3.05) is 18.9 Å². The van der Waals surface area contributed by atoms with E-state index in [2.05, 4.69) is 20.3 Å². The molecule has 3 aromatic heterocycles. The number of pyridine rings is 1. The summed E-state index contributed by atoms with van der Waals surface area (Å²) in [6.45, 7) is 1.06. The van der Waals surface area contributed by atoms with Gasteiger partial charge in [0, 0.05) is 32.2 Å². The first-order valence-corrected chi connectivity index (χ1v) is 7.96. The standard InChI is InChI=1S/C18H19N5O2/c1-23(11-7-14-4-8-19-9-5-14)17(24)16-6-10-20-18(22-16)21-13-15-3-2-12-25-15/h2-6,8-10,12H,7,11,13H2,1H3,(H,20,21,22). The van der Waals surface area contributed by atoms with Gasteiger partial charge >= 0.3 is 0 Å². The number of nitrogens with zero attached hydrogens (tertiary/aromatic N) is 4. The average molecular weight is 337 g/mol. The molecular formula is C18H19N5O2. The molecule has 0 saturated heterocycles. The lowest BCUT2D eigenvalue weighted by Crippen LogP contribution is -2.29. The Morgan fingerprint density at radius 2 is 2.04 bits per heavy atom. The van der Waals surface area contributed by atoms with Gasteiger partial charge < -0.3 is 14.6 Å². The van der Waals surface area contributed by atoms with Crippen molar-refractivity contribution in [3.63, 3.8) is 0 Å². The van der Waals surface area contributed by atoms with Crippen molar-refractivity contribution in [2.24, 2.45) is 0 Å². The Balaban J connectivity index is 1.58. The fourth-order valence-corrected chi connectivity index (χ4v) is 2.29. The first-order chi connectivity index (χ1) is 12.2. The van der Waals surface area contributed by atoms with E-state index in [1.807, 2.05) is 24.3 Å². The zero-order valence-corrected chi connectivity index (χ0v) is 13.9. The minimum Gasteiger partial charge on any atom is -0.467 e. The Morgan fingerprint density at radius 1 is 1.20 bits per heavy atom.